The number of carbonyl (C=O) groups excluding carboxylic acids is 2. The van der Waals surface area contributed by atoms with E-state index in [1.54, 1.807) is 29.2 Å². The van der Waals surface area contributed by atoms with Gasteiger partial charge in [-0.15, -0.1) is 0 Å². The second-order valence-electron chi connectivity index (χ2n) is 6.25. The number of amides is 1. The highest BCUT2D eigenvalue weighted by atomic mass is 16.5. The van der Waals surface area contributed by atoms with Crippen LogP contribution >= 0.6 is 0 Å². The number of esters is 1. The van der Waals surface area contributed by atoms with E-state index in [9.17, 15) is 9.59 Å². The van der Waals surface area contributed by atoms with Gasteiger partial charge in [0.1, 0.15) is 0 Å². The Labute approximate surface area is 152 Å². The molecule has 2 aromatic rings. The summed E-state index contributed by atoms with van der Waals surface area (Å²) in [5.41, 5.74) is 1.87. The summed E-state index contributed by atoms with van der Waals surface area (Å²) >= 11 is 0. The Kier molecular flexibility index (Phi) is 5.58. The molecule has 1 amide bonds. The fourth-order valence-corrected chi connectivity index (χ4v) is 3.17. The number of rotatable bonds is 5. The highest BCUT2D eigenvalue weighted by Gasteiger charge is 2.23. The maximum absolute atomic E-state index is 12.4. The van der Waals surface area contributed by atoms with Crippen molar-refractivity contribution in [3.63, 3.8) is 0 Å². The lowest BCUT2D eigenvalue weighted by Gasteiger charge is -2.34. The molecule has 1 aliphatic heterocycles. The Bertz CT molecular complexity index is 765. The van der Waals surface area contributed by atoms with Crippen LogP contribution in [0.2, 0.25) is 0 Å². The Morgan fingerprint density at radius 2 is 2.04 bits per heavy atom. The van der Waals surface area contributed by atoms with E-state index >= 15 is 0 Å². The summed E-state index contributed by atoms with van der Waals surface area (Å²) in [5.74, 6) is -0.568. The van der Waals surface area contributed by atoms with E-state index in [0.717, 1.165) is 38.4 Å². The molecular weight excluding hydrogens is 334 g/mol. The fraction of sp³-hybridized carbons (Fsp3) is 0.368. The quantitative estimate of drug-likeness (QED) is 0.781. The summed E-state index contributed by atoms with van der Waals surface area (Å²) in [5, 5.41) is 2.87. The maximum atomic E-state index is 12.4. The van der Waals surface area contributed by atoms with E-state index in [4.69, 9.17) is 9.15 Å². The number of nitrogens with zero attached hydrogens (tertiary/aromatic N) is 1. The van der Waals surface area contributed by atoms with E-state index < -0.39 is 5.97 Å². The third-order valence-electron chi connectivity index (χ3n) is 4.72. The van der Waals surface area contributed by atoms with Crippen LogP contribution < -0.4 is 15.1 Å². The molecule has 1 fully saturated rings. The molecule has 0 aliphatic carbocycles. The lowest BCUT2D eigenvalue weighted by molar-refractivity contribution is -0.898. The zero-order valence-corrected chi connectivity index (χ0v) is 15.1. The second kappa shape index (κ2) is 8.05. The van der Waals surface area contributed by atoms with Gasteiger partial charge < -0.3 is 24.3 Å². The number of methoxy groups -OCH3 is 1. The molecule has 0 saturated carbocycles. The zero-order chi connectivity index (χ0) is 18.5. The molecule has 138 valence electrons. The van der Waals surface area contributed by atoms with Crippen molar-refractivity contribution >= 4 is 23.3 Å². The average Bonchev–Trinajstić information content (AvgIpc) is 3.22. The van der Waals surface area contributed by atoms with Crippen molar-refractivity contribution in [2.45, 2.75) is 6.92 Å². The maximum Gasteiger partial charge on any atom is 0.337 e. The van der Waals surface area contributed by atoms with Gasteiger partial charge in [0.25, 0.3) is 5.91 Å². The van der Waals surface area contributed by atoms with Gasteiger partial charge in [-0.3, -0.25) is 4.79 Å². The monoisotopic (exact) mass is 358 g/mol. The van der Waals surface area contributed by atoms with Gasteiger partial charge in [0.2, 0.25) is 0 Å². The highest BCUT2D eigenvalue weighted by molar-refractivity contribution is 6.05. The number of nitrogens with one attached hydrogen (secondary N) is 2. The zero-order valence-electron chi connectivity index (χ0n) is 15.1. The molecule has 2 heterocycles. The number of hydrogen-bond donors (Lipinski definition) is 2. The number of furan rings is 1. The van der Waals surface area contributed by atoms with Crippen LogP contribution in [-0.2, 0) is 4.74 Å². The van der Waals surface area contributed by atoms with Gasteiger partial charge in [-0.05, 0) is 37.3 Å². The van der Waals surface area contributed by atoms with E-state index in [-0.39, 0.29) is 11.7 Å². The van der Waals surface area contributed by atoms with E-state index in [1.165, 1.54) is 13.4 Å². The third kappa shape index (κ3) is 3.88. The molecule has 0 radical (unpaired) electrons. The number of quaternary nitrogens is 1. The molecule has 0 bridgehead atoms. The molecule has 26 heavy (non-hydrogen) atoms. The van der Waals surface area contributed by atoms with Gasteiger partial charge in [-0.1, -0.05) is 0 Å². The SMILES string of the molecule is CC[NH+]1CCN(c2ccc(C(=O)OC)cc2NC(=O)c2ccco2)CC1. The van der Waals surface area contributed by atoms with Gasteiger partial charge in [-0.2, -0.15) is 0 Å². The largest absolute Gasteiger partial charge is 0.465 e. The van der Waals surface area contributed by atoms with Crippen LogP contribution in [0.4, 0.5) is 11.4 Å². The lowest BCUT2D eigenvalue weighted by atomic mass is 10.1. The molecule has 1 saturated heterocycles. The van der Waals surface area contributed by atoms with Crippen molar-refractivity contribution in [3.05, 3.63) is 47.9 Å². The molecule has 1 aromatic carbocycles. The fourth-order valence-electron chi connectivity index (χ4n) is 3.17. The number of likely N-dealkylation sites (N-methyl/N-ethyl adjacent to an activating group) is 1. The lowest BCUT2D eigenvalue weighted by Crippen LogP contribution is -3.14. The topological polar surface area (TPSA) is 76.2 Å². The first-order chi connectivity index (χ1) is 12.6. The van der Waals surface area contributed by atoms with Gasteiger partial charge in [0, 0.05) is 0 Å². The Balaban J connectivity index is 1.87. The first-order valence-electron chi connectivity index (χ1n) is 8.78. The summed E-state index contributed by atoms with van der Waals surface area (Å²) < 4.78 is 9.96. The van der Waals surface area contributed by atoms with Crippen LogP contribution in [0.5, 0.6) is 0 Å². The van der Waals surface area contributed by atoms with Crippen molar-refractivity contribution in [1.82, 2.24) is 0 Å². The Hall–Kier alpha value is -2.80. The molecule has 3 rings (SSSR count). The molecule has 1 aromatic heterocycles. The molecule has 0 unspecified atom stereocenters. The van der Waals surface area contributed by atoms with Gasteiger partial charge >= 0.3 is 5.97 Å². The predicted molar refractivity (Wildman–Crippen MR) is 97.9 cm³/mol. The van der Waals surface area contributed by atoms with Crippen LogP contribution in [0.25, 0.3) is 0 Å². The average molecular weight is 358 g/mol. The number of piperazine rings is 1. The van der Waals surface area contributed by atoms with Crippen LogP contribution in [-0.4, -0.2) is 51.7 Å². The Morgan fingerprint density at radius 1 is 1.27 bits per heavy atom. The third-order valence-corrected chi connectivity index (χ3v) is 4.72. The van der Waals surface area contributed by atoms with Crippen molar-refractivity contribution in [2.24, 2.45) is 0 Å². The highest BCUT2D eigenvalue weighted by Crippen LogP contribution is 2.28. The summed E-state index contributed by atoms with van der Waals surface area (Å²) in [6.45, 7) is 7.17. The minimum Gasteiger partial charge on any atom is -0.465 e. The first-order valence-corrected chi connectivity index (χ1v) is 8.78. The standard InChI is InChI=1S/C19H23N3O4/c1-3-21-8-10-22(11-9-21)16-7-6-14(19(24)25-2)13-15(16)20-18(23)17-5-4-12-26-17/h4-7,12-13H,3,8-11H2,1-2H3,(H,20,23)/p+1. The van der Waals surface area contributed by atoms with Crippen molar-refractivity contribution in [3.8, 4) is 0 Å². The number of anilines is 2. The second-order valence-corrected chi connectivity index (χ2v) is 6.25. The van der Waals surface area contributed by atoms with Gasteiger partial charge in [0.05, 0.1) is 63.0 Å². The van der Waals surface area contributed by atoms with Crippen LogP contribution in [0.1, 0.15) is 27.8 Å². The van der Waals surface area contributed by atoms with E-state index in [2.05, 4.69) is 17.1 Å². The molecule has 0 atom stereocenters. The minimum absolute atomic E-state index is 0.222. The van der Waals surface area contributed by atoms with Crippen molar-refractivity contribution < 1.29 is 23.6 Å². The summed E-state index contributed by atoms with van der Waals surface area (Å²) in [6.07, 6.45) is 1.45. The van der Waals surface area contributed by atoms with Crippen molar-refractivity contribution in [2.75, 3.05) is 50.1 Å². The molecule has 7 heteroatoms. The number of ether oxygens (including phenoxy) is 1. The van der Waals surface area contributed by atoms with E-state index in [0.29, 0.717) is 11.3 Å². The first kappa shape index (κ1) is 18.0. The van der Waals surface area contributed by atoms with E-state index in [1.807, 2.05) is 6.07 Å². The molecular formula is C19H24N3O4+. The Morgan fingerprint density at radius 3 is 2.65 bits per heavy atom. The van der Waals surface area contributed by atoms with Gasteiger partial charge in [-0.25, -0.2) is 4.79 Å². The summed E-state index contributed by atoms with van der Waals surface area (Å²) in [4.78, 5) is 28.1. The van der Waals surface area contributed by atoms with Crippen LogP contribution in [0.15, 0.2) is 41.0 Å². The summed E-state index contributed by atoms with van der Waals surface area (Å²) in [7, 11) is 1.34. The summed E-state index contributed by atoms with van der Waals surface area (Å²) in [6, 6.07) is 8.50. The number of hydrogen-bond acceptors (Lipinski definition) is 5. The molecule has 0 spiro atoms. The molecule has 2 N–H and O–H groups in total. The van der Waals surface area contributed by atoms with Gasteiger partial charge in [0.15, 0.2) is 5.76 Å². The van der Waals surface area contributed by atoms with Crippen molar-refractivity contribution in [1.29, 1.82) is 0 Å². The predicted octanol–water partition coefficient (Wildman–Crippen LogP) is 1.04. The molecule has 1 aliphatic rings. The normalized spacial score (nSPS) is 14.9. The van der Waals surface area contributed by atoms with Crippen LogP contribution in [0.3, 0.4) is 0 Å². The smallest absolute Gasteiger partial charge is 0.337 e. The molecule has 7 nitrogen and oxygen atoms in total. The minimum atomic E-state index is -0.440. The number of carbonyl (C=O) groups is 2. The van der Waals surface area contributed by atoms with Crippen LogP contribution in [0, 0.1) is 0 Å². The number of benzene rings is 1.